The van der Waals surface area contributed by atoms with Crippen molar-refractivity contribution in [2.45, 2.75) is 19.6 Å². The predicted octanol–water partition coefficient (Wildman–Crippen LogP) is 0.799. The summed E-state index contributed by atoms with van der Waals surface area (Å²) in [5.41, 5.74) is 0. The van der Waals surface area contributed by atoms with Crippen molar-refractivity contribution < 1.29 is 9.53 Å². The normalized spacial score (nSPS) is 20.3. The molecule has 0 radical (unpaired) electrons. The van der Waals surface area contributed by atoms with E-state index in [1.165, 1.54) is 0 Å². The number of amides is 1. The van der Waals surface area contributed by atoms with Crippen molar-refractivity contribution >= 4 is 14.1 Å². The second kappa shape index (κ2) is 2.36. The van der Waals surface area contributed by atoms with Crippen molar-refractivity contribution in [2.24, 2.45) is 0 Å². The van der Waals surface area contributed by atoms with Crippen molar-refractivity contribution in [3.8, 4) is 0 Å². The van der Waals surface area contributed by atoms with Gasteiger partial charge in [-0.2, -0.15) is 0 Å². The third-order valence-electron chi connectivity index (χ3n) is 1.38. The fraction of sp³-hybridized carbons (Fsp3) is 0.667. The van der Waals surface area contributed by atoms with Gasteiger partial charge in [0.25, 0.3) is 0 Å². The van der Waals surface area contributed by atoms with Gasteiger partial charge in [-0.15, -0.1) is 6.73 Å². The molecule has 4 heteroatoms. The van der Waals surface area contributed by atoms with Gasteiger partial charge >= 0.3 is 0 Å². The van der Waals surface area contributed by atoms with Crippen LogP contribution in [0.2, 0.25) is 19.6 Å². The quantitative estimate of drug-likeness (QED) is 0.417. The molecule has 0 N–H and O–H groups in total. The monoisotopic (exact) mass is 158 g/mol. The zero-order chi connectivity index (χ0) is 7.78. The number of hydrogen-bond donors (Lipinski definition) is 0. The minimum Gasteiger partial charge on any atom is -0.525 e. The lowest BCUT2D eigenvalue weighted by Crippen LogP contribution is -2.45. The van der Waals surface area contributed by atoms with Gasteiger partial charge in [-0.05, 0) is 0 Å². The molecule has 0 aliphatic carbocycles. The summed E-state index contributed by atoms with van der Waals surface area (Å²) in [6.07, 6.45) is 0. The summed E-state index contributed by atoms with van der Waals surface area (Å²) in [7, 11) is -1.48. The number of ether oxygens (including phenoxy) is 1. The van der Waals surface area contributed by atoms with Crippen LogP contribution in [0, 0.1) is 6.73 Å². The van der Waals surface area contributed by atoms with Gasteiger partial charge in [-0.3, -0.25) is 4.79 Å². The predicted molar refractivity (Wildman–Crippen MR) is 40.4 cm³/mol. The van der Waals surface area contributed by atoms with Gasteiger partial charge < -0.3 is 9.30 Å². The first-order valence-electron chi connectivity index (χ1n) is 3.29. The minimum atomic E-state index is -1.48. The summed E-state index contributed by atoms with van der Waals surface area (Å²) >= 11 is 0. The fourth-order valence-electron chi connectivity index (χ4n) is 0.844. The third kappa shape index (κ3) is 1.38. The molecule has 0 aromatic rings. The molecular weight excluding hydrogens is 146 g/mol. The van der Waals surface area contributed by atoms with E-state index in [2.05, 4.69) is 19.6 Å². The van der Waals surface area contributed by atoms with Crippen molar-refractivity contribution in [3.05, 3.63) is 6.73 Å². The highest BCUT2D eigenvalue weighted by Gasteiger charge is 2.24. The standard InChI is InChI=1S/C6H12NO2Si/c1-10(2,3)7-5-9-4-6(7)8/h5H,4H2,1-3H3/q-1. The molecule has 0 atom stereocenters. The van der Waals surface area contributed by atoms with Gasteiger partial charge in [0, 0.05) is 0 Å². The first kappa shape index (κ1) is 7.75. The molecular formula is C6H12NO2Si-. The fourth-order valence-corrected chi connectivity index (χ4v) is 2.05. The van der Waals surface area contributed by atoms with E-state index in [0.29, 0.717) is 0 Å². The van der Waals surface area contributed by atoms with Crippen LogP contribution in [0.3, 0.4) is 0 Å². The van der Waals surface area contributed by atoms with Crippen LogP contribution in [0.4, 0.5) is 0 Å². The van der Waals surface area contributed by atoms with E-state index in [4.69, 9.17) is 4.74 Å². The Morgan fingerprint density at radius 2 is 2.20 bits per heavy atom. The Kier molecular flexibility index (Phi) is 1.83. The summed E-state index contributed by atoms with van der Waals surface area (Å²) in [5, 5.41) is 0. The summed E-state index contributed by atoms with van der Waals surface area (Å²) in [6, 6.07) is 0. The molecule has 0 aromatic carbocycles. The lowest BCUT2D eigenvalue weighted by Gasteiger charge is -2.36. The van der Waals surface area contributed by atoms with Crippen molar-refractivity contribution in [1.82, 2.24) is 4.57 Å². The zero-order valence-corrected chi connectivity index (χ0v) is 7.55. The largest absolute Gasteiger partial charge is 0.525 e. The van der Waals surface area contributed by atoms with Gasteiger partial charge in [0.15, 0.2) is 0 Å². The molecule has 0 bridgehead atoms. The van der Waals surface area contributed by atoms with E-state index < -0.39 is 8.24 Å². The first-order valence-corrected chi connectivity index (χ1v) is 6.73. The maximum absolute atomic E-state index is 11.0. The van der Waals surface area contributed by atoms with Crippen LogP contribution in [0.1, 0.15) is 0 Å². The van der Waals surface area contributed by atoms with Crippen LogP contribution in [0.5, 0.6) is 0 Å². The van der Waals surface area contributed by atoms with E-state index in [9.17, 15) is 4.79 Å². The van der Waals surface area contributed by atoms with E-state index in [0.717, 1.165) is 0 Å². The molecule has 10 heavy (non-hydrogen) atoms. The van der Waals surface area contributed by atoms with Gasteiger partial charge in [0.05, 0.1) is 6.61 Å². The molecule has 1 rings (SSSR count). The van der Waals surface area contributed by atoms with Crippen LogP contribution in [0.25, 0.3) is 0 Å². The number of rotatable bonds is 1. The highest BCUT2D eigenvalue weighted by atomic mass is 28.3. The average molecular weight is 158 g/mol. The molecule has 0 unspecified atom stereocenters. The number of carbonyl (C=O) groups excluding carboxylic acids is 1. The van der Waals surface area contributed by atoms with Crippen molar-refractivity contribution in [3.63, 3.8) is 0 Å². The van der Waals surface area contributed by atoms with Gasteiger partial charge in [-0.25, -0.2) is 0 Å². The Labute approximate surface area is 62.1 Å². The number of carbonyl (C=O) groups is 1. The molecule has 58 valence electrons. The zero-order valence-electron chi connectivity index (χ0n) is 6.55. The molecule has 0 saturated carbocycles. The highest BCUT2D eigenvalue weighted by molar-refractivity contribution is 6.75. The second-order valence-corrected chi connectivity index (χ2v) is 8.17. The summed E-state index contributed by atoms with van der Waals surface area (Å²) in [5.74, 6) is 0.0965. The first-order chi connectivity index (χ1) is 4.52. The lowest BCUT2D eigenvalue weighted by atomic mass is 10.7. The van der Waals surface area contributed by atoms with Gasteiger partial charge in [0.1, 0.15) is 8.24 Å². The van der Waals surface area contributed by atoms with Crippen molar-refractivity contribution in [1.29, 1.82) is 0 Å². The van der Waals surface area contributed by atoms with Crippen LogP contribution < -0.4 is 0 Å². The molecule has 1 saturated heterocycles. The maximum Gasteiger partial charge on any atom is 0.210 e. The molecule has 1 aliphatic rings. The smallest absolute Gasteiger partial charge is 0.210 e. The Morgan fingerprint density at radius 3 is 2.40 bits per heavy atom. The van der Waals surface area contributed by atoms with Crippen LogP contribution in [-0.4, -0.2) is 25.3 Å². The summed E-state index contributed by atoms with van der Waals surface area (Å²) in [6.45, 7) is 8.10. The van der Waals surface area contributed by atoms with Crippen LogP contribution >= 0.6 is 0 Å². The Bertz CT molecular complexity index is 152. The van der Waals surface area contributed by atoms with Gasteiger partial charge in [-0.1, -0.05) is 19.6 Å². The van der Waals surface area contributed by atoms with E-state index >= 15 is 0 Å². The van der Waals surface area contributed by atoms with Crippen LogP contribution in [0.15, 0.2) is 0 Å². The molecule has 1 heterocycles. The van der Waals surface area contributed by atoms with Crippen molar-refractivity contribution in [2.75, 3.05) is 6.61 Å². The Hall–Kier alpha value is -0.353. The molecule has 1 aliphatic heterocycles. The average Bonchev–Trinajstić information content (AvgIpc) is 2.11. The Morgan fingerprint density at radius 1 is 1.60 bits per heavy atom. The minimum absolute atomic E-state index is 0.0965. The van der Waals surface area contributed by atoms with E-state index in [1.54, 1.807) is 11.3 Å². The van der Waals surface area contributed by atoms with E-state index in [-0.39, 0.29) is 12.5 Å². The highest BCUT2D eigenvalue weighted by Crippen LogP contribution is 2.16. The third-order valence-corrected chi connectivity index (χ3v) is 3.18. The maximum atomic E-state index is 11.0. The molecule has 0 spiro atoms. The van der Waals surface area contributed by atoms with Gasteiger partial charge in [0.2, 0.25) is 5.91 Å². The Balaban J connectivity index is 2.64. The molecule has 0 aromatic heterocycles. The van der Waals surface area contributed by atoms with Crippen LogP contribution in [-0.2, 0) is 9.53 Å². The molecule has 1 amide bonds. The van der Waals surface area contributed by atoms with E-state index in [1.807, 2.05) is 0 Å². The second-order valence-electron chi connectivity index (χ2n) is 3.35. The lowest BCUT2D eigenvalue weighted by molar-refractivity contribution is -0.123. The molecule has 3 nitrogen and oxygen atoms in total. The summed E-state index contributed by atoms with van der Waals surface area (Å²) < 4.78 is 6.63. The SMILES string of the molecule is C[Si](C)(C)N1[CH-]OCC1=O. The number of nitrogens with zero attached hydrogens (tertiary/aromatic N) is 1. The number of hydrogen-bond acceptors (Lipinski definition) is 2. The molecule has 1 fully saturated rings. The topological polar surface area (TPSA) is 29.5 Å². The summed E-state index contributed by atoms with van der Waals surface area (Å²) in [4.78, 5) is 11.0.